The minimum Gasteiger partial charge on any atom is -0.493 e. The number of hydrogen-bond donors (Lipinski definition) is 2. The van der Waals surface area contributed by atoms with E-state index in [0.29, 0.717) is 19.1 Å². The predicted octanol–water partition coefficient (Wildman–Crippen LogP) is 2.38. The summed E-state index contributed by atoms with van der Waals surface area (Å²) in [7, 11) is 0. The Bertz CT molecular complexity index is 538. The van der Waals surface area contributed by atoms with E-state index in [9.17, 15) is 4.79 Å². The average Bonchev–Trinajstić information content (AvgIpc) is 3.18. The van der Waals surface area contributed by atoms with Gasteiger partial charge in [-0.05, 0) is 63.3 Å². The Morgan fingerprint density at radius 2 is 2.05 bits per heavy atom. The molecule has 116 valence electrons. The number of primary amides is 1. The predicted molar refractivity (Wildman–Crippen MR) is 84.5 cm³/mol. The van der Waals surface area contributed by atoms with Gasteiger partial charge in [-0.15, -0.1) is 0 Å². The van der Waals surface area contributed by atoms with Crippen molar-refractivity contribution in [2.24, 2.45) is 5.73 Å². The fourth-order valence-electron chi connectivity index (χ4n) is 2.46. The van der Waals surface area contributed by atoms with Crippen LogP contribution in [0.15, 0.2) is 12.1 Å². The van der Waals surface area contributed by atoms with E-state index in [4.69, 9.17) is 10.5 Å². The molecule has 4 nitrogen and oxygen atoms in total. The molecular weight excluding hydrogens is 264 g/mol. The maximum Gasteiger partial charge on any atom is 0.237 e. The highest BCUT2D eigenvalue weighted by Gasteiger charge is 2.36. The number of carbonyl (C=O) groups excluding carboxylic acids is 1. The van der Waals surface area contributed by atoms with Crippen LogP contribution >= 0.6 is 0 Å². The van der Waals surface area contributed by atoms with Gasteiger partial charge < -0.3 is 15.8 Å². The highest BCUT2D eigenvalue weighted by atomic mass is 16.5. The smallest absolute Gasteiger partial charge is 0.237 e. The molecule has 1 fully saturated rings. The molecule has 21 heavy (non-hydrogen) atoms. The minimum atomic E-state index is -0.687. The fourth-order valence-corrected chi connectivity index (χ4v) is 2.46. The van der Waals surface area contributed by atoms with Crippen molar-refractivity contribution >= 4 is 5.91 Å². The maximum absolute atomic E-state index is 11.7. The van der Waals surface area contributed by atoms with E-state index in [0.717, 1.165) is 24.2 Å². The van der Waals surface area contributed by atoms with Gasteiger partial charge >= 0.3 is 0 Å². The number of hydrogen-bond acceptors (Lipinski definition) is 3. The summed E-state index contributed by atoms with van der Waals surface area (Å²) in [5, 5.41) is 3.34. The topological polar surface area (TPSA) is 64.3 Å². The molecule has 1 aromatic rings. The second-order valence-electron chi connectivity index (χ2n) is 6.42. The highest BCUT2D eigenvalue weighted by molar-refractivity contribution is 5.84. The van der Waals surface area contributed by atoms with E-state index in [2.05, 4.69) is 32.2 Å². The van der Waals surface area contributed by atoms with Gasteiger partial charge in [0.25, 0.3) is 0 Å². The standard InChI is InChI=1S/C17H26N2O2/c1-11-9-12(2)13(3)15(10-11)21-8-7-17(4,16(18)20)19-14-5-6-14/h9-10,14,19H,5-8H2,1-4H3,(H2,18,20). The molecule has 1 saturated carbocycles. The van der Waals surface area contributed by atoms with Gasteiger partial charge in [0.1, 0.15) is 5.75 Å². The van der Waals surface area contributed by atoms with Gasteiger partial charge in [0.15, 0.2) is 0 Å². The lowest BCUT2D eigenvalue weighted by molar-refractivity contribution is -0.124. The van der Waals surface area contributed by atoms with Crippen LogP contribution in [0.5, 0.6) is 5.75 Å². The molecule has 0 radical (unpaired) electrons. The summed E-state index contributed by atoms with van der Waals surface area (Å²) in [5.41, 5.74) is 8.41. The first kappa shape index (κ1) is 15.8. The summed E-state index contributed by atoms with van der Waals surface area (Å²) < 4.78 is 5.90. The second kappa shape index (κ2) is 6.06. The summed E-state index contributed by atoms with van der Waals surface area (Å²) in [5.74, 6) is 0.584. The van der Waals surface area contributed by atoms with Crippen LogP contribution in [-0.2, 0) is 4.79 Å². The van der Waals surface area contributed by atoms with Crippen LogP contribution in [0.3, 0.4) is 0 Å². The van der Waals surface area contributed by atoms with Crippen LogP contribution < -0.4 is 15.8 Å². The maximum atomic E-state index is 11.7. The molecule has 1 atom stereocenters. The Hall–Kier alpha value is -1.55. The number of nitrogens with one attached hydrogen (secondary N) is 1. The molecule has 1 amide bonds. The van der Waals surface area contributed by atoms with Gasteiger partial charge in [0, 0.05) is 12.5 Å². The summed E-state index contributed by atoms with van der Waals surface area (Å²) in [6.45, 7) is 8.53. The summed E-state index contributed by atoms with van der Waals surface area (Å²) in [6.07, 6.45) is 2.82. The quantitative estimate of drug-likeness (QED) is 0.810. The van der Waals surface area contributed by atoms with Crippen molar-refractivity contribution in [1.82, 2.24) is 5.32 Å². The molecule has 0 aliphatic heterocycles. The molecular formula is C17H26N2O2. The Morgan fingerprint density at radius 3 is 2.62 bits per heavy atom. The van der Waals surface area contributed by atoms with Crippen molar-refractivity contribution in [3.63, 3.8) is 0 Å². The van der Waals surface area contributed by atoms with Crippen LogP contribution in [0.25, 0.3) is 0 Å². The van der Waals surface area contributed by atoms with Crippen LogP contribution in [0.4, 0.5) is 0 Å². The number of nitrogens with two attached hydrogens (primary N) is 1. The third-order valence-electron chi connectivity index (χ3n) is 4.27. The summed E-state index contributed by atoms with van der Waals surface area (Å²) in [6, 6.07) is 4.62. The first-order chi connectivity index (χ1) is 9.82. The zero-order chi connectivity index (χ0) is 15.6. The third kappa shape index (κ3) is 3.97. The van der Waals surface area contributed by atoms with E-state index in [1.807, 2.05) is 13.0 Å². The van der Waals surface area contributed by atoms with Crippen LogP contribution in [-0.4, -0.2) is 24.1 Å². The lowest BCUT2D eigenvalue weighted by Crippen LogP contribution is -2.54. The molecule has 3 N–H and O–H groups in total. The first-order valence-corrected chi connectivity index (χ1v) is 7.60. The van der Waals surface area contributed by atoms with Crippen molar-refractivity contribution in [3.05, 3.63) is 28.8 Å². The molecule has 0 bridgehead atoms. The highest BCUT2D eigenvalue weighted by Crippen LogP contribution is 2.26. The summed E-state index contributed by atoms with van der Waals surface area (Å²) in [4.78, 5) is 11.7. The van der Waals surface area contributed by atoms with Crippen molar-refractivity contribution in [2.45, 2.75) is 58.5 Å². The van der Waals surface area contributed by atoms with Crippen LogP contribution in [0, 0.1) is 20.8 Å². The number of rotatable bonds is 7. The molecule has 0 aromatic heterocycles. The average molecular weight is 290 g/mol. The Kier molecular flexibility index (Phi) is 4.57. The van der Waals surface area contributed by atoms with Gasteiger partial charge in [-0.1, -0.05) is 6.07 Å². The molecule has 1 aliphatic rings. The molecule has 0 spiro atoms. The molecule has 1 aliphatic carbocycles. The lowest BCUT2D eigenvalue weighted by atomic mass is 9.97. The van der Waals surface area contributed by atoms with Crippen molar-refractivity contribution in [1.29, 1.82) is 0 Å². The van der Waals surface area contributed by atoms with Gasteiger partial charge in [0.2, 0.25) is 5.91 Å². The molecule has 1 aromatic carbocycles. The van der Waals surface area contributed by atoms with Crippen molar-refractivity contribution in [2.75, 3.05) is 6.61 Å². The van der Waals surface area contributed by atoms with E-state index < -0.39 is 5.54 Å². The van der Waals surface area contributed by atoms with E-state index in [1.54, 1.807) is 0 Å². The lowest BCUT2D eigenvalue weighted by Gasteiger charge is -2.27. The van der Waals surface area contributed by atoms with E-state index in [1.165, 1.54) is 11.1 Å². The molecule has 4 heteroatoms. The zero-order valence-corrected chi connectivity index (χ0v) is 13.5. The SMILES string of the molecule is Cc1cc(C)c(C)c(OCCC(C)(NC2CC2)C(N)=O)c1. The van der Waals surface area contributed by atoms with E-state index in [-0.39, 0.29) is 5.91 Å². The molecule has 2 rings (SSSR count). The van der Waals surface area contributed by atoms with Gasteiger partial charge in [-0.25, -0.2) is 0 Å². The van der Waals surface area contributed by atoms with Crippen molar-refractivity contribution < 1.29 is 9.53 Å². The summed E-state index contributed by atoms with van der Waals surface area (Å²) >= 11 is 0. The van der Waals surface area contributed by atoms with Crippen LogP contribution in [0.1, 0.15) is 42.9 Å². The number of ether oxygens (including phenoxy) is 1. The van der Waals surface area contributed by atoms with Crippen LogP contribution in [0.2, 0.25) is 0 Å². The zero-order valence-electron chi connectivity index (χ0n) is 13.5. The monoisotopic (exact) mass is 290 g/mol. The fraction of sp³-hybridized carbons (Fsp3) is 0.588. The minimum absolute atomic E-state index is 0.310. The van der Waals surface area contributed by atoms with Crippen molar-refractivity contribution in [3.8, 4) is 5.75 Å². The largest absolute Gasteiger partial charge is 0.493 e. The first-order valence-electron chi connectivity index (χ1n) is 7.60. The van der Waals surface area contributed by atoms with Gasteiger partial charge in [-0.2, -0.15) is 0 Å². The normalized spacial score (nSPS) is 17.3. The molecule has 0 saturated heterocycles. The molecule has 1 unspecified atom stereocenters. The Morgan fingerprint density at radius 1 is 1.38 bits per heavy atom. The Balaban J connectivity index is 1.97. The number of aryl methyl sites for hydroxylation is 2. The molecule has 0 heterocycles. The van der Waals surface area contributed by atoms with E-state index >= 15 is 0 Å². The number of benzene rings is 1. The number of amides is 1. The number of carbonyl (C=O) groups is 1. The second-order valence-corrected chi connectivity index (χ2v) is 6.42. The Labute approximate surface area is 127 Å². The third-order valence-corrected chi connectivity index (χ3v) is 4.27. The van der Waals surface area contributed by atoms with Gasteiger partial charge in [-0.3, -0.25) is 4.79 Å². The van der Waals surface area contributed by atoms with Gasteiger partial charge in [0.05, 0.1) is 12.1 Å².